The van der Waals surface area contributed by atoms with Crippen LogP contribution >= 0.6 is 0 Å². The van der Waals surface area contributed by atoms with E-state index in [9.17, 15) is 0 Å². The number of methoxy groups -OCH3 is 1. The predicted molar refractivity (Wildman–Crippen MR) is 87.5 cm³/mol. The lowest BCUT2D eigenvalue weighted by molar-refractivity contribution is 0.415. The number of hydrogen-bond acceptors (Lipinski definition) is 2. The Hall–Kier alpha value is -1.96. The smallest absolute Gasteiger partial charge is 0.119 e. The maximum absolute atomic E-state index is 5.15. The first-order valence-corrected chi connectivity index (χ1v) is 7.10. The van der Waals surface area contributed by atoms with Crippen LogP contribution in [-0.4, -0.2) is 14.2 Å². The van der Waals surface area contributed by atoms with Crippen LogP contribution in [-0.2, 0) is 6.54 Å². The molecule has 0 fully saturated rings. The molecule has 0 spiro atoms. The minimum atomic E-state index is 0.891. The van der Waals surface area contributed by atoms with E-state index in [1.54, 1.807) is 7.11 Å². The van der Waals surface area contributed by atoms with Crippen LogP contribution in [0.2, 0.25) is 0 Å². The lowest BCUT2D eigenvalue weighted by atomic mass is 10.2. The van der Waals surface area contributed by atoms with E-state index >= 15 is 0 Å². The summed E-state index contributed by atoms with van der Waals surface area (Å²) in [5.41, 5.74) is 2.50. The summed E-state index contributed by atoms with van der Waals surface area (Å²) in [6, 6.07) is 18.6. The molecule has 0 unspecified atom stereocenters. The molecule has 0 aromatic heterocycles. The quantitative estimate of drug-likeness (QED) is 0.795. The third-order valence-electron chi connectivity index (χ3n) is 2.78. The molecule has 0 amide bonds. The molecule has 2 nitrogen and oxygen atoms in total. The molecule has 0 N–H and O–H groups in total. The highest BCUT2D eigenvalue weighted by molar-refractivity contribution is 5.48. The molecule has 2 rings (SSSR count). The second-order valence-electron chi connectivity index (χ2n) is 4.75. The zero-order valence-corrected chi connectivity index (χ0v) is 13.0. The third kappa shape index (κ3) is 5.35. The second-order valence-corrected chi connectivity index (χ2v) is 4.75. The Balaban J connectivity index is 0.000000612. The fourth-order valence-electron chi connectivity index (χ4n) is 1.79. The van der Waals surface area contributed by atoms with Crippen molar-refractivity contribution in [2.75, 3.05) is 19.1 Å². The Morgan fingerprint density at radius 1 is 0.900 bits per heavy atom. The molecule has 0 atom stereocenters. The van der Waals surface area contributed by atoms with Gasteiger partial charge in [-0.1, -0.05) is 50.6 Å². The second kappa shape index (κ2) is 9.03. The van der Waals surface area contributed by atoms with Crippen molar-refractivity contribution >= 4 is 5.69 Å². The van der Waals surface area contributed by atoms with Crippen molar-refractivity contribution in [2.45, 2.75) is 26.8 Å². The lowest BCUT2D eigenvalue weighted by Crippen LogP contribution is -2.15. The first-order valence-electron chi connectivity index (χ1n) is 7.10. The molecular formula is C18H25NO. The minimum absolute atomic E-state index is 0.891. The summed E-state index contributed by atoms with van der Waals surface area (Å²) < 4.78 is 5.15. The van der Waals surface area contributed by atoms with Gasteiger partial charge in [-0.2, -0.15) is 0 Å². The molecule has 0 radical (unpaired) electrons. The third-order valence-corrected chi connectivity index (χ3v) is 2.78. The van der Waals surface area contributed by atoms with Gasteiger partial charge in [0, 0.05) is 19.3 Å². The van der Waals surface area contributed by atoms with Crippen molar-refractivity contribution in [3.8, 4) is 5.75 Å². The molecule has 0 heterocycles. The van der Waals surface area contributed by atoms with E-state index in [2.05, 4.69) is 62.2 Å². The molecular weight excluding hydrogens is 246 g/mol. The summed E-state index contributed by atoms with van der Waals surface area (Å²) >= 11 is 0. The largest absolute Gasteiger partial charge is 0.497 e. The molecule has 2 heteroatoms. The van der Waals surface area contributed by atoms with Crippen LogP contribution in [0.25, 0.3) is 0 Å². The van der Waals surface area contributed by atoms with E-state index in [0.717, 1.165) is 12.3 Å². The number of hydrogen-bond donors (Lipinski definition) is 0. The number of nitrogens with zero attached hydrogens (tertiary/aromatic N) is 1. The van der Waals surface area contributed by atoms with E-state index in [1.807, 2.05) is 18.2 Å². The number of ether oxygens (including phenoxy) is 1. The van der Waals surface area contributed by atoms with Crippen LogP contribution in [0.5, 0.6) is 5.75 Å². The fourth-order valence-corrected chi connectivity index (χ4v) is 1.79. The van der Waals surface area contributed by atoms with Gasteiger partial charge >= 0.3 is 0 Å². The van der Waals surface area contributed by atoms with Crippen LogP contribution in [0, 0.1) is 0 Å². The van der Waals surface area contributed by atoms with E-state index in [-0.39, 0.29) is 0 Å². The molecule has 0 aliphatic carbocycles. The Morgan fingerprint density at radius 2 is 1.45 bits per heavy atom. The van der Waals surface area contributed by atoms with Crippen LogP contribution in [0.15, 0.2) is 54.6 Å². The summed E-state index contributed by atoms with van der Waals surface area (Å²) in [5, 5.41) is 0. The summed E-state index contributed by atoms with van der Waals surface area (Å²) in [4.78, 5) is 2.22. The normalized spacial score (nSPS) is 9.40. The summed E-state index contributed by atoms with van der Waals surface area (Å²) in [6.07, 6.45) is 1.25. The van der Waals surface area contributed by atoms with Gasteiger partial charge in [0.15, 0.2) is 0 Å². The van der Waals surface area contributed by atoms with Gasteiger partial charge < -0.3 is 9.64 Å². The van der Waals surface area contributed by atoms with Crippen molar-refractivity contribution < 1.29 is 4.74 Å². The molecule has 108 valence electrons. The first-order chi connectivity index (χ1) is 9.71. The molecule has 0 aliphatic heterocycles. The van der Waals surface area contributed by atoms with Crippen molar-refractivity contribution in [2.24, 2.45) is 0 Å². The Kier molecular flexibility index (Phi) is 7.26. The van der Waals surface area contributed by atoms with Crippen molar-refractivity contribution in [1.82, 2.24) is 0 Å². The monoisotopic (exact) mass is 271 g/mol. The molecule has 2 aromatic rings. The highest BCUT2D eigenvalue weighted by Crippen LogP contribution is 2.19. The summed E-state index contributed by atoms with van der Waals surface area (Å²) in [7, 11) is 3.78. The average Bonchev–Trinajstić information content (AvgIpc) is 2.49. The Bertz CT molecular complexity index is 465. The van der Waals surface area contributed by atoms with E-state index < -0.39 is 0 Å². The van der Waals surface area contributed by atoms with Crippen LogP contribution in [0.3, 0.4) is 0 Å². The van der Waals surface area contributed by atoms with E-state index in [1.165, 1.54) is 17.7 Å². The molecule has 0 bridgehead atoms. The van der Waals surface area contributed by atoms with Gasteiger partial charge in [0.1, 0.15) is 5.75 Å². The highest BCUT2D eigenvalue weighted by Gasteiger charge is 2.01. The highest BCUT2D eigenvalue weighted by atomic mass is 16.5. The zero-order chi connectivity index (χ0) is 14.8. The Labute approximate surface area is 123 Å². The fraction of sp³-hybridized carbons (Fsp3) is 0.333. The van der Waals surface area contributed by atoms with Gasteiger partial charge in [-0.3, -0.25) is 0 Å². The van der Waals surface area contributed by atoms with Crippen LogP contribution in [0.1, 0.15) is 25.8 Å². The van der Waals surface area contributed by atoms with Gasteiger partial charge in [0.2, 0.25) is 0 Å². The zero-order valence-electron chi connectivity index (χ0n) is 13.0. The summed E-state index contributed by atoms with van der Waals surface area (Å²) in [6.45, 7) is 5.16. The van der Waals surface area contributed by atoms with E-state index in [4.69, 9.17) is 4.74 Å². The van der Waals surface area contributed by atoms with Crippen molar-refractivity contribution in [3.63, 3.8) is 0 Å². The van der Waals surface area contributed by atoms with Gasteiger partial charge in [0.25, 0.3) is 0 Å². The minimum Gasteiger partial charge on any atom is -0.497 e. The number of benzene rings is 2. The van der Waals surface area contributed by atoms with Gasteiger partial charge in [-0.15, -0.1) is 0 Å². The first kappa shape index (κ1) is 16.1. The van der Waals surface area contributed by atoms with Gasteiger partial charge in [0.05, 0.1) is 7.11 Å². The van der Waals surface area contributed by atoms with Crippen molar-refractivity contribution in [3.05, 3.63) is 60.2 Å². The molecule has 0 saturated heterocycles. The molecule has 2 aromatic carbocycles. The molecule has 0 saturated carbocycles. The van der Waals surface area contributed by atoms with Crippen molar-refractivity contribution in [1.29, 1.82) is 0 Å². The summed E-state index contributed by atoms with van der Waals surface area (Å²) in [5.74, 6) is 0.891. The maximum Gasteiger partial charge on any atom is 0.119 e. The van der Waals surface area contributed by atoms with Crippen LogP contribution in [0.4, 0.5) is 5.69 Å². The van der Waals surface area contributed by atoms with E-state index in [0.29, 0.717) is 0 Å². The topological polar surface area (TPSA) is 12.5 Å². The number of anilines is 1. The number of rotatable bonds is 4. The maximum atomic E-state index is 5.15. The average molecular weight is 271 g/mol. The predicted octanol–water partition coefficient (Wildman–Crippen LogP) is 4.75. The SMILES string of the molecule is CCC.COc1ccc(N(C)Cc2ccccc2)cc1. The molecule has 20 heavy (non-hydrogen) atoms. The molecule has 0 aliphatic rings. The van der Waals surface area contributed by atoms with Gasteiger partial charge in [-0.05, 0) is 29.8 Å². The lowest BCUT2D eigenvalue weighted by Gasteiger charge is -2.19. The Morgan fingerprint density at radius 3 is 1.95 bits per heavy atom. The van der Waals surface area contributed by atoms with Crippen LogP contribution < -0.4 is 9.64 Å². The standard InChI is InChI=1S/C15H17NO.C3H8/c1-16(12-13-6-4-3-5-7-13)14-8-10-15(17-2)11-9-14;1-3-2/h3-11H,12H2,1-2H3;3H2,1-2H3. The van der Waals surface area contributed by atoms with Gasteiger partial charge in [-0.25, -0.2) is 0 Å².